The van der Waals surface area contributed by atoms with Crippen LogP contribution in [0.25, 0.3) is 0 Å². The first-order valence-corrected chi connectivity index (χ1v) is 3.67. The fraction of sp³-hybridized carbons (Fsp3) is 0.200. The second-order valence-corrected chi connectivity index (χ2v) is 2.94. The van der Waals surface area contributed by atoms with Gasteiger partial charge in [-0.15, -0.1) is 0 Å². The van der Waals surface area contributed by atoms with Crippen LogP contribution in [0, 0.1) is 10.1 Å². The molecule has 1 aliphatic rings. The highest BCUT2D eigenvalue weighted by atomic mass is 35.5. The highest BCUT2D eigenvalue weighted by Gasteiger charge is 2.24. The van der Waals surface area contributed by atoms with E-state index in [1.54, 1.807) is 0 Å². The predicted octanol–water partition coefficient (Wildman–Crippen LogP) is 0.983. The number of hydrogen-bond acceptors (Lipinski definition) is 4. The van der Waals surface area contributed by atoms with Gasteiger partial charge in [-0.3, -0.25) is 14.5 Å². The molecular weight excluding hydrogens is 205 g/mol. The van der Waals surface area contributed by atoms with Crippen molar-refractivity contribution in [3.05, 3.63) is 32.7 Å². The summed E-state index contributed by atoms with van der Waals surface area (Å²) in [6.07, 6.45) is 1.25. The fourth-order valence-electron chi connectivity index (χ4n) is 0.743. The molecule has 1 heterocycles. The van der Waals surface area contributed by atoms with Crippen LogP contribution < -0.4 is 5.73 Å². The number of nitro groups is 1. The van der Waals surface area contributed by atoms with Crippen LogP contribution in [0.4, 0.5) is 0 Å². The standard InChI is InChI=1S/C5H5Cl2N3O2/c6-5-1-3(8)4(10(11)12)2-9(5)7/h1H,2,8H2. The molecule has 0 aromatic carbocycles. The molecule has 0 atom stereocenters. The number of halogens is 2. The Hall–Kier alpha value is -0.940. The summed E-state index contributed by atoms with van der Waals surface area (Å²) in [4.78, 5) is 9.75. The van der Waals surface area contributed by atoms with E-state index in [1.165, 1.54) is 6.08 Å². The first kappa shape index (κ1) is 9.15. The monoisotopic (exact) mass is 209 g/mol. The zero-order valence-corrected chi connectivity index (χ0v) is 7.34. The van der Waals surface area contributed by atoms with Gasteiger partial charge in [-0.25, -0.2) is 0 Å². The van der Waals surface area contributed by atoms with Gasteiger partial charge in [0.25, 0.3) is 5.70 Å². The van der Waals surface area contributed by atoms with Crippen molar-refractivity contribution < 1.29 is 4.92 Å². The zero-order chi connectivity index (χ0) is 9.30. The van der Waals surface area contributed by atoms with Crippen molar-refractivity contribution in [3.8, 4) is 0 Å². The summed E-state index contributed by atoms with van der Waals surface area (Å²) in [5.74, 6) is 0. The molecular formula is C5H5Cl2N3O2. The molecule has 5 nitrogen and oxygen atoms in total. The van der Waals surface area contributed by atoms with Crippen LogP contribution in [-0.2, 0) is 0 Å². The molecule has 0 amide bonds. The molecule has 0 aromatic heterocycles. The third-order valence-electron chi connectivity index (χ3n) is 1.35. The van der Waals surface area contributed by atoms with Crippen molar-refractivity contribution in [2.75, 3.05) is 6.54 Å². The molecule has 1 rings (SSSR count). The predicted molar refractivity (Wildman–Crippen MR) is 44.7 cm³/mol. The average molecular weight is 210 g/mol. The maximum Gasteiger partial charge on any atom is 0.289 e. The van der Waals surface area contributed by atoms with Gasteiger partial charge in [-0.1, -0.05) is 11.6 Å². The van der Waals surface area contributed by atoms with Gasteiger partial charge in [0.05, 0.1) is 4.92 Å². The van der Waals surface area contributed by atoms with Crippen molar-refractivity contribution >= 4 is 23.4 Å². The lowest BCUT2D eigenvalue weighted by Crippen LogP contribution is -2.24. The molecule has 1 aliphatic heterocycles. The number of allylic oxidation sites excluding steroid dienone is 1. The Morgan fingerprint density at radius 1 is 1.75 bits per heavy atom. The Labute approximate surface area is 78.3 Å². The Kier molecular flexibility index (Phi) is 2.44. The highest BCUT2D eigenvalue weighted by molar-refractivity contribution is 6.33. The molecule has 0 bridgehead atoms. The summed E-state index contributed by atoms with van der Waals surface area (Å²) >= 11 is 11.1. The Morgan fingerprint density at radius 2 is 2.33 bits per heavy atom. The molecule has 0 fully saturated rings. The molecule has 0 aliphatic carbocycles. The summed E-state index contributed by atoms with van der Waals surface area (Å²) in [5.41, 5.74) is 5.22. The molecule has 0 spiro atoms. The van der Waals surface area contributed by atoms with Crippen molar-refractivity contribution in [1.29, 1.82) is 0 Å². The lowest BCUT2D eigenvalue weighted by Gasteiger charge is -2.17. The first-order chi connectivity index (χ1) is 5.52. The van der Waals surface area contributed by atoms with Gasteiger partial charge in [0.15, 0.2) is 0 Å². The van der Waals surface area contributed by atoms with Crippen molar-refractivity contribution in [2.45, 2.75) is 0 Å². The zero-order valence-electron chi connectivity index (χ0n) is 5.83. The molecule has 0 saturated heterocycles. The van der Waals surface area contributed by atoms with Crippen molar-refractivity contribution in [1.82, 2.24) is 4.42 Å². The van der Waals surface area contributed by atoms with Crippen LogP contribution in [0.3, 0.4) is 0 Å². The normalized spacial score (nSPS) is 17.8. The second kappa shape index (κ2) is 3.20. The maximum absolute atomic E-state index is 10.3. The molecule has 0 aromatic rings. The highest BCUT2D eigenvalue weighted by Crippen LogP contribution is 2.22. The summed E-state index contributed by atoms with van der Waals surface area (Å²) in [6.45, 7) is -0.0876. The van der Waals surface area contributed by atoms with E-state index in [-0.39, 0.29) is 23.1 Å². The summed E-state index contributed by atoms with van der Waals surface area (Å²) in [6, 6.07) is 0. The van der Waals surface area contributed by atoms with Gasteiger partial charge in [-0.2, -0.15) is 0 Å². The third-order valence-corrected chi connectivity index (χ3v) is 2.05. The molecule has 0 radical (unpaired) electrons. The van der Waals surface area contributed by atoms with Crippen LogP contribution in [0.15, 0.2) is 22.6 Å². The number of rotatable bonds is 1. The van der Waals surface area contributed by atoms with Crippen LogP contribution in [0.1, 0.15) is 0 Å². The summed E-state index contributed by atoms with van der Waals surface area (Å²) in [5, 5.41) is 10.5. The Bertz CT molecular complexity index is 286. The lowest BCUT2D eigenvalue weighted by molar-refractivity contribution is -0.428. The van der Waals surface area contributed by atoms with Gasteiger partial charge < -0.3 is 5.73 Å². The number of hydrogen-bond donors (Lipinski definition) is 1. The van der Waals surface area contributed by atoms with Crippen LogP contribution in [-0.4, -0.2) is 15.9 Å². The molecule has 66 valence electrons. The summed E-state index contributed by atoms with van der Waals surface area (Å²) in [7, 11) is 0. The van der Waals surface area contributed by atoms with Crippen LogP contribution >= 0.6 is 23.4 Å². The first-order valence-electron chi connectivity index (χ1n) is 2.96. The van der Waals surface area contributed by atoms with E-state index in [2.05, 4.69) is 0 Å². The smallest absolute Gasteiger partial charge is 0.289 e. The van der Waals surface area contributed by atoms with E-state index < -0.39 is 4.92 Å². The van der Waals surface area contributed by atoms with Gasteiger partial charge in [0, 0.05) is 17.9 Å². The van der Waals surface area contributed by atoms with E-state index in [1.807, 2.05) is 0 Å². The topological polar surface area (TPSA) is 72.4 Å². The molecule has 0 unspecified atom stereocenters. The maximum atomic E-state index is 10.3. The van der Waals surface area contributed by atoms with E-state index in [0.29, 0.717) is 0 Å². The molecule has 0 saturated carbocycles. The van der Waals surface area contributed by atoms with Gasteiger partial charge in [-0.05, 0) is 0 Å². The largest absolute Gasteiger partial charge is 0.393 e. The SMILES string of the molecule is NC1=C([N+](=O)[O-])CN(Cl)C(Cl)=C1. The van der Waals surface area contributed by atoms with Gasteiger partial charge >= 0.3 is 0 Å². The van der Waals surface area contributed by atoms with Crippen molar-refractivity contribution in [2.24, 2.45) is 5.73 Å². The quantitative estimate of drug-likeness (QED) is 0.303. The minimum atomic E-state index is -0.579. The Morgan fingerprint density at radius 3 is 2.83 bits per heavy atom. The molecule has 12 heavy (non-hydrogen) atoms. The van der Waals surface area contributed by atoms with E-state index in [9.17, 15) is 10.1 Å². The molecule has 2 N–H and O–H groups in total. The Balaban J connectivity index is 3.01. The lowest BCUT2D eigenvalue weighted by atomic mass is 10.3. The van der Waals surface area contributed by atoms with Gasteiger partial charge in [0.2, 0.25) is 0 Å². The van der Waals surface area contributed by atoms with E-state index in [4.69, 9.17) is 29.1 Å². The van der Waals surface area contributed by atoms with Gasteiger partial charge in [0.1, 0.15) is 17.4 Å². The summed E-state index contributed by atoms with van der Waals surface area (Å²) < 4.78 is 1.02. The van der Waals surface area contributed by atoms with Crippen molar-refractivity contribution in [3.63, 3.8) is 0 Å². The fourth-order valence-corrected chi connectivity index (χ4v) is 1.08. The van der Waals surface area contributed by atoms with Crippen LogP contribution in [0.2, 0.25) is 0 Å². The minimum Gasteiger partial charge on any atom is -0.393 e. The third kappa shape index (κ3) is 1.62. The number of nitrogens with zero attached hydrogens (tertiary/aromatic N) is 2. The second-order valence-electron chi connectivity index (χ2n) is 2.15. The average Bonchev–Trinajstić information content (AvgIpc) is 1.96. The minimum absolute atomic E-state index is 0.0434. The van der Waals surface area contributed by atoms with E-state index >= 15 is 0 Å². The number of nitrogens with two attached hydrogens (primary N) is 1. The van der Waals surface area contributed by atoms with E-state index in [0.717, 1.165) is 4.42 Å². The van der Waals surface area contributed by atoms with Crippen LogP contribution in [0.5, 0.6) is 0 Å². The molecule has 7 heteroatoms.